The molecule has 3 aromatic carbocycles. The summed E-state index contributed by atoms with van der Waals surface area (Å²) in [4.78, 5) is 18.4. The molecule has 0 radical (unpaired) electrons. The lowest BCUT2D eigenvalue weighted by Crippen LogP contribution is -2.46. The van der Waals surface area contributed by atoms with Crippen molar-refractivity contribution in [3.63, 3.8) is 0 Å². The van der Waals surface area contributed by atoms with E-state index < -0.39 is 5.92 Å². The van der Waals surface area contributed by atoms with Gasteiger partial charge in [-0.05, 0) is 49.4 Å². The van der Waals surface area contributed by atoms with Gasteiger partial charge in [-0.25, -0.2) is 0 Å². The van der Waals surface area contributed by atoms with E-state index in [4.69, 9.17) is 4.74 Å². The van der Waals surface area contributed by atoms with Gasteiger partial charge in [0, 0.05) is 48.7 Å². The number of hydrogen-bond donors (Lipinski definition) is 1. The second-order valence-corrected chi connectivity index (χ2v) is 8.52. The molecule has 2 heterocycles. The Hall–Kier alpha value is -3.31. The Kier molecular flexibility index (Phi) is 5.58. The molecule has 164 valence electrons. The summed E-state index contributed by atoms with van der Waals surface area (Å²) >= 11 is 0. The zero-order valence-corrected chi connectivity index (χ0v) is 18.7. The Bertz CT molecular complexity index is 1090. The standard InChI is InChI=1S/C27H29N3O2/c1-3-29-14-16-30(17-15-29)23-13-12-20(18-19(23)2)28-27(31)26-21-8-4-6-10-24(21)32-25-11-7-5-9-22(25)26/h4-13,18,26H,3,14-17H2,1-2H3,(H,28,31). The zero-order chi connectivity index (χ0) is 22.1. The van der Waals surface area contributed by atoms with Crippen LogP contribution in [0.4, 0.5) is 11.4 Å². The quantitative estimate of drug-likeness (QED) is 0.636. The van der Waals surface area contributed by atoms with Crippen LogP contribution in [0.2, 0.25) is 0 Å². The summed E-state index contributed by atoms with van der Waals surface area (Å²) in [5.41, 5.74) is 5.04. The van der Waals surface area contributed by atoms with Crippen molar-refractivity contribution in [1.29, 1.82) is 0 Å². The van der Waals surface area contributed by atoms with Crippen LogP contribution in [-0.2, 0) is 4.79 Å². The third kappa shape index (κ3) is 3.84. The normalized spacial score (nSPS) is 16.1. The smallest absolute Gasteiger partial charge is 0.236 e. The largest absolute Gasteiger partial charge is 0.457 e. The molecule has 3 aromatic rings. The summed E-state index contributed by atoms with van der Waals surface area (Å²) in [6.07, 6.45) is 0. The Balaban J connectivity index is 1.37. The van der Waals surface area contributed by atoms with Gasteiger partial charge in [-0.2, -0.15) is 0 Å². The lowest BCUT2D eigenvalue weighted by molar-refractivity contribution is -0.116. The molecule has 5 heteroatoms. The van der Waals surface area contributed by atoms with Gasteiger partial charge < -0.3 is 19.9 Å². The lowest BCUT2D eigenvalue weighted by atomic mass is 9.87. The average Bonchev–Trinajstić information content (AvgIpc) is 2.82. The molecule has 0 atom stereocenters. The third-order valence-corrected chi connectivity index (χ3v) is 6.57. The summed E-state index contributed by atoms with van der Waals surface area (Å²) in [5.74, 6) is 1.03. The molecule has 0 spiro atoms. The molecular weight excluding hydrogens is 398 g/mol. The lowest BCUT2D eigenvalue weighted by Gasteiger charge is -2.36. The van der Waals surface area contributed by atoms with E-state index in [1.807, 2.05) is 54.6 Å². The molecule has 1 N–H and O–H groups in total. The van der Waals surface area contributed by atoms with Crippen LogP contribution in [0.1, 0.15) is 29.5 Å². The Morgan fingerprint density at radius 2 is 1.56 bits per heavy atom. The van der Waals surface area contributed by atoms with Gasteiger partial charge >= 0.3 is 0 Å². The van der Waals surface area contributed by atoms with Crippen molar-refractivity contribution in [3.8, 4) is 11.5 Å². The SMILES string of the molecule is CCN1CCN(c2ccc(NC(=O)C3c4ccccc4Oc4ccccc43)cc2C)CC1. The fourth-order valence-corrected chi connectivity index (χ4v) is 4.80. The molecule has 5 nitrogen and oxygen atoms in total. The van der Waals surface area contributed by atoms with E-state index in [2.05, 4.69) is 41.1 Å². The number of benzene rings is 3. The maximum Gasteiger partial charge on any atom is 0.236 e. The number of nitrogens with zero attached hydrogens (tertiary/aromatic N) is 2. The highest BCUT2D eigenvalue weighted by Gasteiger charge is 2.32. The van der Waals surface area contributed by atoms with Crippen LogP contribution in [0.5, 0.6) is 11.5 Å². The molecule has 2 aliphatic rings. The van der Waals surface area contributed by atoms with E-state index in [1.54, 1.807) is 0 Å². The average molecular weight is 428 g/mol. The molecule has 0 unspecified atom stereocenters. The van der Waals surface area contributed by atoms with Crippen molar-refractivity contribution in [2.24, 2.45) is 0 Å². The van der Waals surface area contributed by atoms with Crippen LogP contribution in [-0.4, -0.2) is 43.5 Å². The van der Waals surface area contributed by atoms with Gasteiger partial charge in [0.15, 0.2) is 0 Å². The van der Waals surface area contributed by atoms with E-state index >= 15 is 0 Å². The first-order chi connectivity index (χ1) is 15.6. The van der Waals surface area contributed by atoms with E-state index in [0.717, 1.165) is 61.0 Å². The van der Waals surface area contributed by atoms with E-state index in [9.17, 15) is 4.79 Å². The number of amides is 1. The number of fused-ring (bicyclic) bond motifs is 2. The van der Waals surface area contributed by atoms with Crippen molar-refractivity contribution in [2.45, 2.75) is 19.8 Å². The molecule has 0 saturated carbocycles. The van der Waals surface area contributed by atoms with E-state index in [-0.39, 0.29) is 5.91 Å². The number of anilines is 2. The second-order valence-electron chi connectivity index (χ2n) is 8.52. The number of carbonyl (C=O) groups is 1. The highest BCUT2D eigenvalue weighted by atomic mass is 16.5. The number of nitrogens with one attached hydrogen (secondary N) is 1. The van der Waals surface area contributed by atoms with Crippen molar-refractivity contribution in [3.05, 3.63) is 83.4 Å². The number of hydrogen-bond acceptors (Lipinski definition) is 4. The number of piperazine rings is 1. The summed E-state index contributed by atoms with van der Waals surface area (Å²) in [6.45, 7) is 9.71. The minimum absolute atomic E-state index is 0.0445. The predicted octanol–water partition coefficient (Wildman–Crippen LogP) is 5.01. The Morgan fingerprint density at radius 1 is 0.938 bits per heavy atom. The van der Waals surface area contributed by atoms with Gasteiger partial charge in [0.2, 0.25) is 5.91 Å². The topological polar surface area (TPSA) is 44.8 Å². The molecule has 0 bridgehead atoms. The minimum Gasteiger partial charge on any atom is -0.457 e. The third-order valence-electron chi connectivity index (χ3n) is 6.57. The molecule has 0 aliphatic carbocycles. The van der Waals surface area contributed by atoms with Gasteiger partial charge in [-0.3, -0.25) is 4.79 Å². The fourth-order valence-electron chi connectivity index (χ4n) is 4.80. The van der Waals surface area contributed by atoms with Gasteiger partial charge in [-0.15, -0.1) is 0 Å². The molecule has 0 aromatic heterocycles. The van der Waals surface area contributed by atoms with Crippen molar-refractivity contribution in [1.82, 2.24) is 4.90 Å². The summed E-state index contributed by atoms with van der Waals surface area (Å²) in [5, 5.41) is 3.16. The first kappa shape index (κ1) is 20.6. The molecule has 1 saturated heterocycles. The molecular formula is C27H29N3O2. The summed E-state index contributed by atoms with van der Waals surface area (Å²) in [6, 6.07) is 21.8. The Morgan fingerprint density at radius 3 is 2.16 bits per heavy atom. The second kappa shape index (κ2) is 8.67. The number of rotatable bonds is 4. The number of ether oxygens (including phenoxy) is 1. The monoisotopic (exact) mass is 427 g/mol. The first-order valence-electron chi connectivity index (χ1n) is 11.4. The summed E-state index contributed by atoms with van der Waals surface area (Å²) < 4.78 is 6.04. The van der Waals surface area contributed by atoms with Gasteiger partial charge in [0.05, 0.1) is 5.92 Å². The van der Waals surface area contributed by atoms with Crippen LogP contribution >= 0.6 is 0 Å². The maximum absolute atomic E-state index is 13.5. The summed E-state index contributed by atoms with van der Waals surface area (Å²) in [7, 11) is 0. The number of carbonyl (C=O) groups excluding carboxylic acids is 1. The molecule has 1 amide bonds. The van der Waals surface area contributed by atoms with Crippen LogP contribution in [0, 0.1) is 6.92 Å². The first-order valence-corrected chi connectivity index (χ1v) is 11.4. The van der Waals surface area contributed by atoms with Crippen molar-refractivity contribution >= 4 is 17.3 Å². The van der Waals surface area contributed by atoms with Gasteiger partial charge in [0.25, 0.3) is 0 Å². The van der Waals surface area contributed by atoms with Gasteiger partial charge in [-0.1, -0.05) is 43.3 Å². The Labute approximate surface area is 189 Å². The van der Waals surface area contributed by atoms with Crippen LogP contribution in [0.3, 0.4) is 0 Å². The highest BCUT2D eigenvalue weighted by molar-refractivity contribution is 5.99. The van der Waals surface area contributed by atoms with Gasteiger partial charge in [0.1, 0.15) is 11.5 Å². The maximum atomic E-state index is 13.5. The van der Waals surface area contributed by atoms with E-state index in [0.29, 0.717) is 0 Å². The minimum atomic E-state index is -0.404. The molecule has 5 rings (SSSR count). The zero-order valence-electron chi connectivity index (χ0n) is 18.7. The number of likely N-dealkylation sites (N-methyl/N-ethyl adjacent to an activating group) is 1. The van der Waals surface area contributed by atoms with Crippen molar-refractivity contribution < 1.29 is 9.53 Å². The van der Waals surface area contributed by atoms with Crippen LogP contribution in [0.15, 0.2) is 66.7 Å². The van der Waals surface area contributed by atoms with E-state index in [1.165, 1.54) is 11.3 Å². The highest BCUT2D eigenvalue weighted by Crippen LogP contribution is 2.44. The van der Waals surface area contributed by atoms with Crippen LogP contribution in [0.25, 0.3) is 0 Å². The molecule has 2 aliphatic heterocycles. The predicted molar refractivity (Wildman–Crippen MR) is 129 cm³/mol. The fraction of sp³-hybridized carbons (Fsp3) is 0.296. The van der Waals surface area contributed by atoms with Crippen LogP contribution < -0.4 is 15.0 Å². The molecule has 32 heavy (non-hydrogen) atoms. The molecule has 1 fully saturated rings. The number of para-hydroxylation sites is 2. The van der Waals surface area contributed by atoms with Crippen molar-refractivity contribution in [2.75, 3.05) is 42.9 Å². The number of aryl methyl sites for hydroxylation is 1.